The number of nitrogens with one attached hydrogen (secondary N) is 3. The summed E-state index contributed by atoms with van der Waals surface area (Å²) in [6, 6.07) is 9.67. The summed E-state index contributed by atoms with van der Waals surface area (Å²) >= 11 is 0. The Balaban J connectivity index is 1.46. The van der Waals surface area contributed by atoms with Crippen molar-refractivity contribution >= 4 is 11.9 Å². The van der Waals surface area contributed by atoms with E-state index in [0.29, 0.717) is 19.1 Å². The lowest BCUT2D eigenvalue weighted by atomic mass is 9.71. The van der Waals surface area contributed by atoms with Crippen LogP contribution in [0.3, 0.4) is 0 Å². The van der Waals surface area contributed by atoms with Crippen molar-refractivity contribution in [2.24, 2.45) is 5.92 Å². The van der Waals surface area contributed by atoms with E-state index in [2.05, 4.69) is 16.0 Å². The highest BCUT2D eigenvalue weighted by Gasteiger charge is 2.54. The van der Waals surface area contributed by atoms with Gasteiger partial charge in [0.25, 0.3) is 0 Å². The molecule has 0 bridgehead atoms. The first-order valence-corrected chi connectivity index (χ1v) is 8.12. The maximum absolute atomic E-state index is 12.1. The number of fused-ring (bicyclic) bond motifs is 1. The second-order valence-electron chi connectivity index (χ2n) is 6.18. The van der Waals surface area contributed by atoms with Gasteiger partial charge in [-0.1, -0.05) is 30.3 Å². The third-order valence-corrected chi connectivity index (χ3v) is 4.60. The Hall–Kier alpha value is -2.08. The van der Waals surface area contributed by atoms with Crippen LogP contribution in [0.5, 0.6) is 0 Å². The number of amides is 3. The Morgan fingerprint density at radius 2 is 1.96 bits per heavy atom. The molecular weight excluding hydrogens is 294 g/mol. The Morgan fingerprint density at radius 3 is 2.70 bits per heavy atom. The molecule has 4 atom stereocenters. The minimum absolute atomic E-state index is 0.0357. The van der Waals surface area contributed by atoms with Crippen molar-refractivity contribution in [3.8, 4) is 0 Å². The van der Waals surface area contributed by atoms with Crippen LogP contribution < -0.4 is 16.0 Å². The summed E-state index contributed by atoms with van der Waals surface area (Å²) in [6.07, 6.45) is 1.76. The molecule has 0 unspecified atom stereocenters. The third kappa shape index (κ3) is 3.64. The molecule has 1 saturated heterocycles. The molecule has 1 aromatic rings. The monoisotopic (exact) mass is 317 g/mol. The van der Waals surface area contributed by atoms with Gasteiger partial charge in [-0.05, 0) is 18.4 Å². The Bertz CT molecular complexity index is 563. The van der Waals surface area contributed by atoms with Gasteiger partial charge in [0.15, 0.2) is 0 Å². The van der Waals surface area contributed by atoms with Gasteiger partial charge >= 0.3 is 6.03 Å². The molecule has 6 heteroatoms. The van der Waals surface area contributed by atoms with Crippen molar-refractivity contribution in [2.45, 2.75) is 38.0 Å². The maximum atomic E-state index is 12.1. The Kier molecular flexibility index (Phi) is 4.81. The van der Waals surface area contributed by atoms with Crippen molar-refractivity contribution in [1.29, 1.82) is 0 Å². The van der Waals surface area contributed by atoms with Gasteiger partial charge in [-0.3, -0.25) is 4.79 Å². The standard InChI is InChI=1S/C17H23N3O3/c1-11(21)19-15-14(13-8-10-23-16(13)15)20-17(22)18-9-7-12-5-3-2-4-6-12/h2-6,13-16H,7-10H2,1H3,(H,19,21)(H2,18,20,22)/t13-,14+,15-,16-/m1/s1. The number of ether oxygens (including phenoxy) is 1. The lowest BCUT2D eigenvalue weighted by Crippen LogP contribution is -2.71. The van der Waals surface area contributed by atoms with Crippen LogP contribution in [-0.2, 0) is 16.0 Å². The summed E-state index contributed by atoms with van der Waals surface area (Å²) < 4.78 is 5.63. The van der Waals surface area contributed by atoms with Crippen LogP contribution >= 0.6 is 0 Å². The van der Waals surface area contributed by atoms with E-state index in [1.54, 1.807) is 0 Å². The van der Waals surface area contributed by atoms with Crippen molar-refractivity contribution in [2.75, 3.05) is 13.2 Å². The number of hydrogen-bond acceptors (Lipinski definition) is 3. The van der Waals surface area contributed by atoms with Crippen molar-refractivity contribution in [3.63, 3.8) is 0 Å². The molecule has 0 spiro atoms. The number of hydrogen-bond donors (Lipinski definition) is 3. The average molecular weight is 317 g/mol. The summed E-state index contributed by atoms with van der Waals surface area (Å²) in [5.41, 5.74) is 1.19. The molecular formula is C17H23N3O3. The smallest absolute Gasteiger partial charge is 0.315 e. The lowest BCUT2D eigenvalue weighted by molar-refractivity contribution is -0.123. The molecule has 1 aliphatic carbocycles. The fourth-order valence-electron chi connectivity index (χ4n) is 3.48. The number of benzene rings is 1. The maximum Gasteiger partial charge on any atom is 0.315 e. The Morgan fingerprint density at radius 1 is 1.17 bits per heavy atom. The summed E-state index contributed by atoms with van der Waals surface area (Å²) in [4.78, 5) is 23.4. The second-order valence-corrected chi connectivity index (χ2v) is 6.18. The summed E-state index contributed by atoms with van der Waals surface area (Å²) in [7, 11) is 0. The molecule has 6 nitrogen and oxygen atoms in total. The topological polar surface area (TPSA) is 79.5 Å². The number of carbonyl (C=O) groups is 2. The number of carbonyl (C=O) groups excluding carboxylic acids is 2. The molecule has 0 radical (unpaired) electrons. The predicted molar refractivity (Wildman–Crippen MR) is 85.9 cm³/mol. The molecule has 3 amide bonds. The van der Waals surface area contributed by atoms with E-state index < -0.39 is 0 Å². The molecule has 1 heterocycles. The quantitative estimate of drug-likeness (QED) is 0.752. The largest absolute Gasteiger partial charge is 0.376 e. The van der Waals surface area contributed by atoms with Gasteiger partial charge in [0.05, 0.1) is 18.2 Å². The second kappa shape index (κ2) is 7.00. The first-order chi connectivity index (χ1) is 11.1. The van der Waals surface area contributed by atoms with E-state index in [9.17, 15) is 9.59 Å². The molecule has 3 rings (SSSR count). The zero-order chi connectivity index (χ0) is 16.2. The SMILES string of the molecule is CC(=O)N[C@@H]1[C@@H](NC(=O)NCCc2ccccc2)[C@H]2CCO[C@H]21. The zero-order valence-electron chi connectivity index (χ0n) is 13.2. The van der Waals surface area contributed by atoms with Gasteiger partial charge in [0.1, 0.15) is 0 Å². The van der Waals surface area contributed by atoms with E-state index in [1.165, 1.54) is 12.5 Å². The minimum atomic E-state index is -0.188. The van der Waals surface area contributed by atoms with E-state index in [4.69, 9.17) is 4.74 Å². The van der Waals surface area contributed by atoms with Crippen LogP contribution in [0, 0.1) is 5.92 Å². The normalized spacial score (nSPS) is 28.4. The summed E-state index contributed by atoms with van der Waals surface area (Å²) in [5, 5.41) is 8.75. The molecule has 0 aromatic heterocycles. The van der Waals surface area contributed by atoms with Crippen LogP contribution in [0.25, 0.3) is 0 Å². The molecule has 124 valence electrons. The number of rotatable bonds is 5. The van der Waals surface area contributed by atoms with Gasteiger partial charge < -0.3 is 20.7 Å². The lowest BCUT2D eigenvalue weighted by Gasteiger charge is -2.47. The van der Waals surface area contributed by atoms with Crippen molar-refractivity contribution in [3.05, 3.63) is 35.9 Å². The first kappa shape index (κ1) is 15.8. The highest BCUT2D eigenvalue weighted by Crippen LogP contribution is 2.39. The molecule has 23 heavy (non-hydrogen) atoms. The zero-order valence-corrected chi connectivity index (χ0v) is 13.2. The minimum Gasteiger partial charge on any atom is -0.376 e. The fraction of sp³-hybridized carbons (Fsp3) is 0.529. The first-order valence-electron chi connectivity index (χ1n) is 8.12. The van der Waals surface area contributed by atoms with E-state index in [0.717, 1.165) is 12.8 Å². The van der Waals surface area contributed by atoms with Gasteiger partial charge in [-0.25, -0.2) is 4.79 Å². The van der Waals surface area contributed by atoms with Gasteiger partial charge in [-0.2, -0.15) is 0 Å². The van der Waals surface area contributed by atoms with E-state index in [1.807, 2.05) is 30.3 Å². The molecule has 1 aliphatic heterocycles. The van der Waals surface area contributed by atoms with Gasteiger partial charge in [-0.15, -0.1) is 0 Å². The molecule has 3 N–H and O–H groups in total. The molecule has 2 fully saturated rings. The van der Waals surface area contributed by atoms with Gasteiger partial charge in [0, 0.05) is 26.0 Å². The van der Waals surface area contributed by atoms with Crippen LogP contribution in [-0.4, -0.2) is 43.3 Å². The van der Waals surface area contributed by atoms with E-state index in [-0.39, 0.29) is 30.1 Å². The highest BCUT2D eigenvalue weighted by atomic mass is 16.5. The van der Waals surface area contributed by atoms with Crippen molar-refractivity contribution in [1.82, 2.24) is 16.0 Å². The van der Waals surface area contributed by atoms with Crippen molar-refractivity contribution < 1.29 is 14.3 Å². The van der Waals surface area contributed by atoms with Crippen LogP contribution in [0.2, 0.25) is 0 Å². The van der Waals surface area contributed by atoms with Crippen LogP contribution in [0.4, 0.5) is 4.79 Å². The molecule has 1 aromatic carbocycles. The Labute approximate surface area is 136 Å². The molecule has 1 saturated carbocycles. The van der Waals surface area contributed by atoms with Crippen LogP contribution in [0.1, 0.15) is 18.9 Å². The summed E-state index contributed by atoms with van der Waals surface area (Å²) in [6.45, 7) is 2.76. The average Bonchev–Trinajstić information content (AvgIpc) is 2.96. The van der Waals surface area contributed by atoms with Gasteiger partial charge in [0.2, 0.25) is 5.91 Å². The molecule has 2 aliphatic rings. The van der Waals surface area contributed by atoms with Crippen LogP contribution in [0.15, 0.2) is 30.3 Å². The third-order valence-electron chi connectivity index (χ3n) is 4.60. The highest BCUT2D eigenvalue weighted by molar-refractivity contribution is 5.76. The van der Waals surface area contributed by atoms with E-state index >= 15 is 0 Å². The fourth-order valence-corrected chi connectivity index (χ4v) is 3.48. The predicted octanol–water partition coefficient (Wildman–Crippen LogP) is 0.820. The number of urea groups is 1. The summed E-state index contributed by atoms with van der Waals surface area (Å²) in [5.74, 6) is 0.201.